The summed E-state index contributed by atoms with van der Waals surface area (Å²) < 4.78 is 1.22. The largest absolute Gasteiger partial charge is 0.323 e. The van der Waals surface area contributed by atoms with Gasteiger partial charge in [0.2, 0.25) is 0 Å². The number of benzene rings is 2. The van der Waals surface area contributed by atoms with Gasteiger partial charge >= 0.3 is 0 Å². The van der Waals surface area contributed by atoms with E-state index in [0.29, 0.717) is 0 Å². The summed E-state index contributed by atoms with van der Waals surface area (Å²) >= 11 is 3.46. The topological polar surface area (TPSA) is 46.4 Å². The van der Waals surface area contributed by atoms with Crippen molar-refractivity contribution in [2.45, 2.75) is 25.9 Å². The molecular formula is C23H24N3OS2+. The zero-order chi connectivity index (χ0) is 20.2. The maximum Gasteiger partial charge on any atom is 0.282 e. The summed E-state index contributed by atoms with van der Waals surface area (Å²) in [7, 11) is 2.06. The predicted octanol–water partition coefficient (Wildman–Crippen LogP) is 3.99. The Morgan fingerprint density at radius 1 is 1.10 bits per heavy atom. The number of fused-ring (bicyclic) bond motifs is 1. The number of thiazole rings is 1. The molecule has 0 saturated carbocycles. The van der Waals surface area contributed by atoms with E-state index in [1.165, 1.54) is 20.0 Å². The van der Waals surface area contributed by atoms with Crippen molar-refractivity contribution >= 4 is 44.5 Å². The van der Waals surface area contributed by atoms with E-state index < -0.39 is 0 Å². The number of anilines is 1. The van der Waals surface area contributed by atoms with Gasteiger partial charge in [0.25, 0.3) is 5.91 Å². The summed E-state index contributed by atoms with van der Waals surface area (Å²) in [5.74, 6) is 0.0398. The number of amides is 1. The smallest absolute Gasteiger partial charge is 0.282 e. The average molecular weight is 423 g/mol. The minimum absolute atomic E-state index is 0.0398. The van der Waals surface area contributed by atoms with Crippen LogP contribution in [0.25, 0.3) is 10.2 Å². The minimum atomic E-state index is -0.125. The molecule has 0 radical (unpaired) electrons. The maximum atomic E-state index is 12.6. The number of aromatic nitrogens is 1. The predicted molar refractivity (Wildman–Crippen MR) is 122 cm³/mol. The first-order chi connectivity index (χ1) is 14.1. The SMILES string of the molecule is C[C@H](C(=O)Nc1ccc(Cc2nc3ccccc3s2)cc1)[NH+](C)Cc1cccs1. The third-order valence-electron chi connectivity index (χ3n) is 5.08. The fourth-order valence-electron chi connectivity index (χ4n) is 3.19. The molecule has 0 fully saturated rings. The zero-order valence-electron chi connectivity index (χ0n) is 16.5. The Hall–Kier alpha value is -2.54. The number of carbonyl (C=O) groups excluding carboxylic acids is 1. The molecular weight excluding hydrogens is 398 g/mol. The van der Waals surface area contributed by atoms with Crippen molar-refractivity contribution in [2.75, 3.05) is 12.4 Å². The van der Waals surface area contributed by atoms with E-state index in [2.05, 4.69) is 42.0 Å². The second kappa shape index (κ2) is 8.86. The van der Waals surface area contributed by atoms with E-state index in [9.17, 15) is 4.79 Å². The molecule has 2 heterocycles. The third-order valence-corrected chi connectivity index (χ3v) is 6.99. The number of carbonyl (C=O) groups is 1. The molecule has 1 amide bonds. The first kappa shape index (κ1) is 19.8. The minimum Gasteiger partial charge on any atom is -0.323 e. The van der Waals surface area contributed by atoms with Gasteiger partial charge in [0.05, 0.1) is 27.1 Å². The van der Waals surface area contributed by atoms with Crippen LogP contribution in [0, 0.1) is 0 Å². The molecule has 2 atom stereocenters. The molecule has 2 N–H and O–H groups in total. The van der Waals surface area contributed by atoms with Gasteiger partial charge in [-0.1, -0.05) is 30.3 Å². The van der Waals surface area contributed by atoms with Crippen LogP contribution in [0.15, 0.2) is 66.0 Å². The Bertz CT molecular complexity index is 1050. The Balaban J connectivity index is 1.35. The zero-order valence-corrected chi connectivity index (χ0v) is 18.1. The Morgan fingerprint density at radius 3 is 2.62 bits per heavy atom. The van der Waals surface area contributed by atoms with E-state index in [0.717, 1.165) is 29.2 Å². The van der Waals surface area contributed by atoms with E-state index in [4.69, 9.17) is 4.98 Å². The highest BCUT2D eigenvalue weighted by Crippen LogP contribution is 2.24. The first-order valence-corrected chi connectivity index (χ1v) is 11.4. The number of hydrogen-bond donors (Lipinski definition) is 2. The molecule has 0 aliphatic carbocycles. The van der Waals surface area contributed by atoms with Crippen molar-refractivity contribution in [3.05, 3.63) is 81.5 Å². The summed E-state index contributed by atoms with van der Waals surface area (Å²) in [4.78, 5) is 19.8. The molecule has 4 rings (SSSR count). The fourth-order valence-corrected chi connectivity index (χ4v) is 4.99. The molecule has 148 valence electrons. The number of hydrogen-bond acceptors (Lipinski definition) is 4. The van der Waals surface area contributed by atoms with Crippen LogP contribution in [-0.4, -0.2) is 24.0 Å². The lowest BCUT2D eigenvalue weighted by molar-refractivity contribution is -0.907. The number of likely N-dealkylation sites (N-methyl/N-ethyl adjacent to an activating group) is 1. The molecule has 4 nitrogen and oxygen atoms in total. The highest BCUT2D eigenvalue weighted by atomic mass is 32.1. The molecule has 0 spiro atoms. The van der Waals surface area contributed by atoms with Crippen LogP contribution in [0.3, 0.4) is 0 Å². The van der Waals surface area contributed by atoms with E-state index >= 15 is 0 Å². The molecule has 2 aromatic heterocycles. The highest BCUT2D eigenvalue weighted by molar-refractivity contribution is 7.18. The van der Waals surface area contributed by atoms with Crippen LogP contribution in [-0.2, 0) is 17.8 Å². The molecule has 29 heavy (non-hydrogen) atoms. The molecule has 0 aliphatic heterocycles. The lowest BCUT2D eigenvalue weighted by Crippen LogP contribution is -3.12. The van der Waals surface area contributed by atoms with Gasteiger partial charge in [0.15, 0.2) is 6.04 Å². The van der Waals surface area contributed by atoms with Crippen LogP contribution < -0.4 is 10.2 Å². The van der Waals surface area contributed by atoms with Gasteiger partial charge in [-0.25, -0.2) is 4.98 Å². The molecule has 0 bridgehead atoms. The molecule has 0 aliphatic rings. The number of thiophene rings is 1. The monoisotopic (exact) mass is 422 g/mol. The van der Waals surface area contributed by atoms with Crippen LogP contribution in [0.1, 0.15) is 22.4 Å². The number of quaternary nitrogens is 1. The Labute approximate surface area is 178 Å². The molecule has 1 unspecified atom stereocenters. The second-order valence-electron chi connectivity index (χ2n) is 7.26. The number of rotatable bonds is 7. The molecule has 4 aromatic rings. The summed E-state index contributed by atoms with van der Waals surface area (Å²) in [6.45, 7) is 2.83. The summed E-state index contributed by atoms with van der Waals surface area (Å²) in [5, 5.41) is 6.22. The highest BCUT2D eigenvalue weighted by Gasteiger charge is 2.22. The van der Waals surface area contributed by atoms with E-state index in [-0.39, 0.29) is 11.9 Å². The first-order valence-electron chi connectivity index (χ1n) is 9.67. The van der Waals surface area contributed by atoms with Gasteiger partial charge < -0.3 is 10.2 Å². The van der Waals surface area contributed by atoms with Gasteiger partial charge in [-0.15, -0.1) is 22.7 Å². The average Bonchev–Trinajstić information content (AvgIpc) is 3.37. The quantitative estimate of drug-likeness (QED) is 0.473. The molecule has 2 aromatic carbocycles. The second-order valence-corrected chi connectivity index (χ2v) is 9.41. The van der Waals surface area contributed by atoms with Gasteiger partial charge in [-0.2, -0.15) is 0 Å². The summed E-state index contributed by atoms with van der Waals surface area (Å²) in [5.41, 5.74) is 3.08. The van der Waals surface area contributed by atoms with Crippen molar-refractivity contribution in [2.24, 2.45) is 0 Å². The van der Waals surface area contributed by atoms with Crippen molar-refractivity contribution in [1.82, 2.24) is 4.98 Å². The normalized spacial score (nSPS) is 13.3. The van der Waals surface area contributed by atoms with Crippen molar-refractivity contribution in [3.8, 4) is 0 Å². The van der Waals surface area contributed by atoms with Gasteiger partial charge in [-0.05, 0) is 48.2 Å². The standard InChI is InChI=1S/C23H23N3OS2/c1-16(26(2)15-19-6-5-13-28-19)23(27)24-18-11-9-17(10-12-18)14-22-25-20-7-3-4-8-21(20)29-22/h3-13,16H,14-15H2,1-2H3,(H,24,27)/p+1/t16-/m1/s1. The van der Waals surface area contributed by atoms with Crippen LogP contribution in [0.4, 0.5) is 5.69 Å². The lowest BCUT2D eigenvalue weighted by Gasteiger charge is -2.20. The fraction of sp³-hybridized carbons (Fsp3) is 0.217. The van der Waals surface area contributed by atoms with Crippen LogP contribution in [0.5, 0.6) is 0 Å². The number of nitrogens with one attached hydrogen (secondary N) is 2. The number of para-hydroxylation sites is 1. The van der Waals surface area contributed by atoms with Gasteiger partial charge in [0, 0.05) is 12.1 Å². The van der Waals surface area contributed by atoms with Crippen molar-refractivity contribution in [3.63, 3.8) is 0 Å². The van der Waals surface area contributed by atoms with Crippen molar-refractivity contribution in [1.29, 1.82) is 0 Å². The summed E-state index contributed by atoms with van der Waals surface area (Å²) in [6.07, 6.45) is 0.803. The lowest BCUT2D eigenvalue weighted by atomic mass is 10.1. The van der Waals surface area contributed by atoms with Crippen LogP contribution >= 0.6 is 22.7 Å². The van der Waals surface area contributed by atoms with Gasteiger partial charge in [-0.3, -0.25) is 4.79 Å². The third kappa shape index (κ3) is 4.90. The van der Waals surface area contributed by atoms with Crippen molar-refractivity contribution < 1.29 is 9.69 Å². The summed E-state index contributed by atoms with van der Waals surface area (Å²) in [6, 6.07) is 20.3. The van der Waals surface area contributed by atoms with E-state index in [1.807, 2.05) is 43.3 Å². The van der Waals surface area contributed by atoms with E-state index in [1.54, 1.807) is 22.7 Å². The van der Waals surface area contributed by atoms with Crippen LogP contribution in [0.2, 0.25) is 0 Å². The molecule has 0 saturated heterocycles. The van der Waals surface area contributed by atoms with Gasteiger partial charge in [0.1, 0.15) is 6.54 Å². The Kier molecular flexibility index (Phi) is 6.04. The molecule has 6 heteroatoms. The maximum absolute atomic E-state index is 12.6. The number of nitrogens with zero attached hydrogens (tertiary/aromatic N) is 1. The Morgan fingerprint density at radius 2 is 1.90 bits per heavy atom.